The van der Waals surface area contributed by atoms with Gasteiger partial charge >= 0.3 is 0 Å². The van der Waals surface area contributed by atoms with E-state index in [1.807, 2.05) is 12.1 Å². The predicted octanol–water partition coefficient (Wildman–Crippen LogP) is 4.29. The normalized spacial score (nSPS) is 11.9. The van der Waals surface area contributed by atoms with E-state index >= 15 is 0 Å². The first kappa shape index (κ1) is 13.5. The third kappa shape index (κ3) is 1.77. The highest BCUT2D eigenvalue weighted by atomic mass is 16.5. The maximum absolute atomic E-state index is 6.05. The molecule has 118 valence electrons. The summed E-state index contributed by atoms with van der Waals surface area (Å²) < 4.78 is 6.05. The molecule has 0 spiro atoms. The molecule has 0 saturated heterocycles. The van der Waals surface area contributed by atoms with Crippen LogP contribution in [0.25, 0.3) is 43.6 Å². The van der Waals surface area contributed by atoms with Gasteiger partial charge in [0.05, 0.1) is 11.0 Å². The lowest BCUT2D eigenvalue weighted by Crippen LogP contribution is -2.11. The van der Waals surface area contributed by atoms with E-state index in [9.17, 15) is 0 Å². The Morgan fingerprint density at radius 1 is 0.750 bits per heavy atom. The van der Waals surface area contributed by atoms with Gasteiger partial charge in [-0.25, -0.2) is 0 Å². The number of rotatable bonds is 3. The molecule has 4 N–H and O–H groups in total. The molecular weight excluding hydrogens is 298 g/mol. The molecule has 0 atom stereocenters. The van der Waals surface area contributed by atoms with Crippen molar-refractivity contribution in [2.24, 2.45) is 5.73 Å². The molecule has 0 aliphatic heterocycles. The summed E-state index contributed by atoms with van der Waals surface area (Å²) >= 11 is 0. The number of fused-ring (bicyclic) bond motifs is 6. The van der Waals surface area contributed by atoms with E-state index in [0.717, 1.165) is 27.8 Å². The molecule has 2 heterocycles. The third-order valence-corrected chi connectivity index (χ3v) is 4.60. The number of hydrogen-bond acceptors (Lipinski definition) is 2. The fourth-order valence-electron chi connectivity index (χ4n) is 3.56. The van der Waals surface area contributed by atoms with E-state index in [0.29, 0.717) is 13.2 Å². The lowest BCUT2D eigenvalue weighted by Gasteiger charge is -2.08. The summed E-state index contributed by atoms with van der Waals surface area (Å²) in [6, 6.07) is 18.9. The summed E-state index contributed by atoms with van der Waals surface area (Å²) in [5, 5.41) is 4.76. The molecule has 2 aromatic heterocycles. The number of para-hydroxylation sites is 2. The molecule has 0 aliphatic rings. The summed E-state index contributed by atoms with van der Waals surface area (Å²) in [5.74, 6) is 0.848. The van der Waals surface area contributed by atoms with Crippen molar-refractivity contribution in [2.45, 2.75) is 0 Å². The van der Waals surface area contributed by atoms with Crippen LogP contribution in [0.5, 0.6) is 5.75 Å². The molecule has 0 saturated carbocycles. The van der Waals surface area contributed by atoms with Crippen LogP contribution in [-0.2, 0) is 0 Å². The molecule has 5 rings (SSSR count). The van der Waals surface area contributed by atoms with E-state index in [2.05, 4.69) is 52.4 Å². The molecule has 24 heavy (non-hydrogen) atoms. The van der Waals surface area contributed by atoms with Crippen molar-refractivity contribution in [3.63, 3.8) is 0 Å². The van der Waals surface area contributed by atoms with Crippen molar-refractivity contribution in [3.05, 3.63) is 54.6 Å². The Labute approximate surface area is 138 Å². The van der Waals surface area contributed by atoms with E-state index in [1.54, 1.807) is 0 Å². The van der Waals surface area contributed by atoms with Crippen molar-refractivity contribution in [3.8, 4) is 5.75 Å². The first-order valence-corrected chi connectivity index (χ1v) is 8.13. The molecule has 0 aliphatic carbocycles. The zero-order valence-corrected chi connectivity index (χ0v) is 13.1. The highest BCUT2D eigenvalue weighted by Gasteiger charge is 2.16. The summed E-state index contributed by atoms with van der Waals surface area (Å²) in [6.07, 6.45) is 0. The SMILES string of the molecule is NCCOc1c2[nH]c3ccccc3c2cc2c1[nH]c1ccccc12. The van der Waals surface area contributed by atoms with Gasteiger partial charge in [0.15, 0.2) is 5.75 Å². The van der Waals surface area contributed by atoms with Crippen LogP contribution in [0.15, 0.2) is 54.6 Å². The highest BCUT2D eigenvalue weighted by Crippen LogP contribution is 2.40. The second-order valence-electron chi connectivity index (χ2n) is 6.03. The second kappa shape index (κ2) is 5.01. The minimum atomic E-state index is 0.484. The molecular formula is C20H17N3O. The van der Waals surface area contributed by atoms with Crippen molar-refractivity contribution >= 4 is 43.6 Å². The number of benzene rings is 3. The number of ether oxygens (including phenoxy) is 1. The summed E-state index contributed by atoms with van der Waals surface area (Å²) in [6.45, 7) is 0.970. The van der Waals surface area contributed by atoms with Gasteiger partial charge in [0.1, 0.15) is 6.61 Å². The first-order valence-electron chi connectivity index (χ1n) is 8.13. The Balaban J connectivity index is 1.99. The fourth-order valence-corrected chi connectivity index (χ4v) is 3.56. The maximum atomic E-state index is 6.05. The van der Waals surface area contributed by atoms with E-state index in [-0.39, 0.29) is 0 Å². The Hall–Kier alpha value is -2.98. The zero-order valence-electron chi connectivity index (χ0n) is 13.1. The number of nitrogens with one attached hydrogen (secondary N) is 2. The minimum Gasteiger partial charge on any atom is -0.488 e. The van der Waals surface area contributed by atoms with Gasteiger partial charge < -0.3 is 20.4 Å². The standard InChI is InChI=1S/C20H17N3O/c21-9-10-24-20-18-14(12-5-1-3-7-16(12)22-18)11-15-13-6-2-4-8-17(13)23-19(15)20/h1-8,11,22-23H,9-10,21H2. The van der Waals surface area contributed by atoms with E-state index < -0.39 is 0 Å². The highest BCUT2D eigenvalue weighted by molar-refractivity contribution is 6.20. The Morgan fingerprint density at radius 3 is 1.83 bits per heavy atom. The molecule has 5 aromatic rings. The van der Waals surface area contributed by atoms with E-state index in [4.69, 9.17) is 10.5 Å². The lowest BCUT2D eigenvalue weighted by atomic mass is 10.1. The molecule has 0 unspecified atom stereocenters. The summed E-state index contributed by atoms with van der Waals surface area (Å²) in [7, 11) is 0. The minimum absolute atomic E-state index is 0.484. The molecule has 0 amide bonds. The molecule has 4 nitrogen and oxygen atoms in total. The Morgan fingerprint density at radius 2 is 1.29 bits per heavy atom. The van der Waals surface area contributed by atoms with Crippen LogP contribution < -0.4 is 10.5 Å². The van der Waals surface area contributed by atoms with Crippen molar-refractivity contribution < 1.29 is 4.74 Å². The third-order valence-electron chi connectivity index (χ3n) is 4.60. The molecule has 0 fully saturated rings. The van der Waals surface area contributed by atoms with Gasteiger partial charge in [0.2, 0.25) is 0 Å². The molecule has 0 radical (unpaired) electrons. The van der Waals surface area contributed by atoms with Gasteiger partial charge in [-0.05, 0) is 18.2 Å². The monoisotopic (exact) mass is 315 g/mol. The summed E-state index contributed by atoms with van der Waals surface area (Å²) in [4.78, 5) is 7.01. The van der Waals surface area contributed by atoms with Gasteiger partial charge in [-0.15, -0.1) is 0 Å². The lowest BCUT2D eigenvalue weighted by molar-refractivity contribution is 0.335. The quantitative estimate of drug-likeness (QED) is 0.465. The van der Waals surface area contributed by atoms with E-state index in [1.165, 1.54) is 21.5 Å². The maximum Gasteiger partial charge on any atom is 0.167 e. The van der Waals surface area contributed by atoms with Crippen molar-refractivity contribution in [1.29, 1.82) is 0 Å². The van der Waals surface area contributed by atoms with Crippen LogP contribution in [0.3, 0.4) is 0 Å². The zero-order chi connectivity index (χ0) is 16.1. The van der Waals surface area contributed by atoms with Crippen LogP contribution in [-0.4, -0.2) is 23.1 Å². The van der Waals surface area contributed by atoms with Gasteiger partial charge in [-0.1, -0.05) is 36.4 Å². The Bertz CT molecular complexity index is 1110. The number of H-pyrrole nitrogens is 2. The summed E-state index contributed by atoms with van der Waals surface area (Å²) in [5.41, 5.74) is 9.93. The average molecular weight is 315 g/mol. The van der Waals surface area contributed by atoms with Gasteiger partial charge in [0, 0.05) is 39.1 Å². The first-order chi connectivity index (χ1) is 11.9. The van der Waals surface area contributed by atoms with Crippen LogP contribution in [0.2, 0.25) is 0 Å². The molecule has 3 aromatic carbocycles. The molecule has 0 bridgehead atoms. The average Bonchev–Trinajstić information content (AvgIpc) is 3.17. The Kier molecular flexibility index (Phi) is 2.81. The fraction of sp³-hybridized carbons (Fsp3) is 0.100. The molecule has 4 heteroatoms. The van der Waals surface area contributed by atoms with Gasteiger partial charge in [-0.2, -0.15) is 0 Å². The number of hydrogen-bond donors (Lipinski definition) is 3. The number of aromatic amines is 2. The van der Waals surface area contributed by atoms with Crippen LogP contribution in [0, 0.1) is 0 Å². The van der Waals surface area contributed by atoms with Crippen LogP contribution in [0.1, 0.15) is 0 Å². The predicted molar refractivity (Wildman–Crippen MR) is 99.7 cm³/mol. The topological polar surface area (TPSA) is 66.8 Å². The number of nitrogens with two attached hydrogens (primary N) is 1. The van der Waals surface area contributed by atoms with Crippen LogP contribution >= 0.6 is 0 Å². The number of aromatic nitrogens is 2. The van der Waals surface area contributed by atoms with Gasteiger partial charge in [0.25, 0.3) is 0 Å². The largest absolute Gasteiger partial charge is 0.488 e. The van der Waals surface area contributed by atoms with Crippen LogP contribution in [0.4, 0.5) is 0 Å². The smallest absolute Gasteiger partial charge is 0.167 e. The second-order valence-corrected chi connectivity index (χ2v) is 6.03. The van der Waals surface area contributed by atoms with Gasteiger partial charge in [-0.3, -0.25) is 0 Å². The van der Waals surface area contributed by atoms with Crippen molar-refractivity contribution in [2.75, 3.05) is 13.2 Å². The van der Waals surface area contributed by atoms with Crippen molar-refractivity contribution in [1.82, 2.24) is 9.97 Å².